The zero-order chi connectivity index (χ0) is 48.7. The molecule has 0 saturated carbocycles. The minimum absolute atomic E-state index is 0.0671. The van der Waals surface area contributed by atoms with Gasteiger partial charge >= 0.3 is 18.0 Å². The molecule has 0 radical (unpaired) electrons. The van der Waals surface area contributed by atoms with Crippen molar-refractivity contribution in [2.45, 2.75) is 76.5 Å². The Morgan fingerprint density at radius 2 is 1.65 bits per heavy atom. The van der Waals surface area contributed by atoms with E-state index in [4.69, 9.17) is 35.5 Å². The van der Waals surface area contributed by atoms with Crippen molar-refractivity contribution < 1.29 is 48.3 Å². The number of fused-ring (bicyclic) bond motifs is 1. The van der Waals surface area contributed by atoms with Crippen LogP contribution >= 0.6 is 11.8 Å². The first-order chi connectivity index (χ1) is 32.9. The molecule has 1 fully saturated rings. The molecule has 0 aliphatic carbocycles. The SMILES string of the molecule is CCCCCNc1nc(N)nc2ccn(Cc3ccc(CN4CCN(C(=O)NCCOCCOCCOCCn5cc(CNC(=O)C[C@@H](SCC[C@H](N)C(=O)O)C(=O)O)nn5)CC4)cc3OC)c12. The maximum absolute atomic E-state index is 12.8. The number of aliphatic carboxylic acids is 2. The van der Waals surface area contributed by atoms with Gasteiger partial charge in [0.05, 0.1) is 78.1 Å². The summed E-state index contributed by atoms with van der Waals surface area (Å²) in [5, 5.41) is 34.3. The number of nitrogens with two attached hydrogens (primary N) is 2. The molecule has 0 unspecified atom stereocenters. The number of hydrogen-bond donors (Lipinski definition) is 7. The number of aromatic nitrogens is 6. The number of nitrogens with one attached hydrogen (secondary N) is 3. The van der Waals surface area contributed by atoms with Gasteiger partial charge in [-0.25, -0.2) is 14.5 Å². The summed E-state index contributed by atoms with van der Waals surface area (Å²) in [5.41, 5.74) is 15.8. The van der Waals surface area contributed by atoms with Gasteiger partial charge in [0.15, 0.2) is 5.82 Å². The zero-order valence-electron chi connectivity index (χ0n) is 39.0. The van der Waals surface area contributed by atoms with Gasteiger partial charge in [0.2, 0.25) is 11.9 Å². The summed E-state index contributed by atoms with van der Waals surface area (Å²) >= 11 is 0.972. The van der Waals surface area contributed by atoms with Crippen molar-refractivity contribution in [3.63, 3.8) is 0 Å². The number of nitrogens with zero attached hydrogens (tertiary/aromatic N) is 8. The van der Waals surface area contributed by atoms with Gasteiger partial charge in [0.25, 0.3) is 0 Å². The van der Waals surface area contributed by atoms with E-state index in [9.17, 15) is 24.3 Å². The molecular formula is C44H67N13O10S. The van der Waals surface area contributed by atoms with E-state index < -0.39 is 29.1 Å². The van der Waals surface area contributed by atoms with Gasteiger partial charge in [-0.3, -0.25) is 19.3 Å². The van der Waals surface area contributed by atoms with E-state index >= 15 is 0 Å². The van der Waals surface area contributed by atoms with Gasteiger partial charge in [-0.1, -0.05) is 37.1 Å². The van der Waals surface area contributed by atoms with Gasteiger partial charge in [-0.15, -0.1) is 16.9 Å². The lowest BCUT2D eigenvalue weighted by atomic mass is 10.1. The van der Waals surface area contributed by atoms with Crippen molar-refractivity contribution in [3.8, 4) is 5.75 Å². The largest absolute Gasteiger partial charge is 0.496 e. The highest BCUT2D eigenvalue weighted by atomic mass is 32.2. The van der Waals surface area contributed by atoms with E-state index in [-0.39, 0.29) is 37.1 Å². The first-order valence-corrected chi connectivity index (χ1v) is 24.0. The first-order valence-electron chi connectivity index (χ1n) is 22.9. The molecule has 1 aliphatic heterocycles. The van der Waals surface area contributed by atoms with Crippen LogP contribution in [0.25, 0.3) is 11.0 Å². The van der Waals surface area contributed by atoms with Crippen LogP contribution < -0.4 is 32.2 Å². The number of carboxylic acids is 2. The van der Waals surface area contributed by atoms with Crippen molar-refractivity contribution in [2.24, 2.45) is 5.73 Å². The number of rotatable bonds is 32. The van der Waals surface area contributed by atoms with E-state index in [1.54, 1.807) is 18.0 Å². The minimum Gasteiger partial charge on any atom is -0.496 e. The summed E-state index contributed by atoms with van der Waals surface area (Å²) in [6, 6.07) is 7.09. The number of methoxy groups -OCH3 is 1. The van der Waals surface area contributed by atoms with Crippen molar-refractivity contribution in [3.05, 3.63) is 53.5 Å². The Hall–Kier alpha value is -5.79. The molecule has 24 heteroatoms. The predicted octanol–water partition coefficient (Wildman–Crippen LogP) is 1.84. The Bertz CT molecular complexity index is 2200. The molecule has 9 N–H and O–H groups in total. The van der Waals surface area contributed by atoms with Crippen molar-refractivity contribution in [2.75, 3.05) is 103 Å². The number of carbonyl (C=O) groups is 4. The molecule has 3 amide bonds. The standard InChI is InChI=1S/C44H67N13O10S/c1-3-4-5-10-47-40-39-35(50-43(46)51-40)8-12-56(39)29-32-7-6-31(25-36(32)64-2)28-54-13-15-55(16-14-54)44(63)48-11-18-65-20-22-67-23-21-66-19-17-57-30-33(52-53-57)27-49-38(58)26-37(42(61)62)68-24-9-34(45)41(59)60/h6-8,12,25,30,34,37H,3-5,9-11,13-24,26-29,45H2,1-2H3,(H,48,63)(H,49,58)(H,59,60)(H,61,62)(H3,46,47,50,51)/t34-,37+/m0/s1. The van der Waals surface area contributed by atoms with E-state index in [2.05, 4.69) is 70.8 Å². The van der Waals surface area contributed by atoms with E-state index in [1.165, 1.54) is 0 Å². The lowest BCUT2D eigenvalue weighted by molar-refractivity contribution is -0.138. The number of amides is 3. The quantitative estimate of drug-likeness (QED) is 0.0344. The van der Waals surface area contributed by atoms with Crippen LogP contribution in [0.2, 0.25) is 0 Å². The molecule has 2 atom stereocenters. The molecule has 5 rings (SSSR count). The number of benzene rings is 1. The average molecular weight is 970 g/mol. The topological polar surface area (TPSA) is 302 Å². The molecule has 23 nitrogen and oxygen atoms in total. The highest BCUT2D eigenvalue weighted by Gasteiger charge is 2.24. The summed E-state index contributed by atoms with van der Waals surface area (Å²) in [4.78, 5) is 60.6. The first kappa shape index (κ1) is 53.2. The third-order valence-corrected chi connectivity index (χ3v) is 12.2. The second-order valence-electron chi connectivity index (χ2n) is 16.1. The number of anilines is 2. The Labute approximate surface area is 399 Å². The molecule has 4 heterocycles. The van der Waals surface area contributed by atoms with Crippen molar-refractivity contribution >= 4 is 58.4 Å². The summed E-state index contributed by atoms with van der Waals surface area (Å²) in [6.45, 7) is 10.2. The summed E-state index contributed by atoms with van der Waals surface area (Å²) in [7, 11) is 1.69. The second kappa shape index (κ2) is 28.5. The number of ether oxygens (including phenoxy) is 4. The number of carboxylic acid groups (broad SMARTS) is 2. The molecule has 1 aromatic carbocycles. The third-order valence-electron chi connectivity index (χ3n) is 11.0. The minimum atomic E-state index is -1.17. The number of hydrogen-bond acceptors (Lipinski definition) is 17. The fourth-order valence-electron chi connectivity index (χ4n) is 7.21. The number of nitrogen functional groups attached to an aromatic ring is 1. The molecule has 3 aromatic heterocycles. The highest BCUT2D eigenvalue weighted by Crippen LogP contribution is 2.28. The van der Waals surface area contributed by atoms with Crippen molar-refractivity contribution in [1.29, 1.82) is 0 Å². The van der Waals surface area contributed by atoms with Crippen molar-refractivity contribution in [1.82, 2.24) is 50.0 Å². The lowest BCUT2D eigenvalue weighted by Crippen LogP contribution is -2.51. The lowest BCUT2D eigenvalue weighted by Gasteiger charge is -2.34. The van der Waals surface area contributed by atoms with Gasteiger partial charge < -0.3 is 66.0 Å². The smallest absolute Gasteiger partial charge is 0.320 e. The number of piperazine rings is 1. The molecule has 0 bridgehead atoms. The third kappa shape index (κ3) is 17.7. The molecule has 1 saturated heterocycles. The predicted molar refractivity (Wildman–Crippen MR) is 255 cm³/mol. The molecule has 68 heavy (non-hydrogen) atoms. The van der Waals surface area contributed by atoms with Crippen LogP contribution in [0.5, 0.6) is 5.75 Å². The average Bonchev–Trinajstić information content (AvgIpc) is 3.96. The molecule has 1 aliphatic rings. The number of unbranched alkanes of at least 4 members (excludes halogenated alkanes) is 2. The van der Waals surface area contributed by atoms with Crippen LogP contribution in [-0.4, -0.2) is 176 Å². The van der Waals surface area contributed by atoms with Gasteiger partial charge in [-0.05, 0) is 36.3 Å². The van der Waals surface area contributed by atoms with E-state index in [0.717, 1.165) is 90.9 Å². The van der Waals surface area contributed by atoms with E-state index in [0.29, 0.717) is 78.1 Å². The number of urea groups is 1. The molecule has 4 aromatic rings. The van der Waals surface area contributed by atoms with Crippen LogP contribution in [0.15, 0.2) is 36.7 Å². The Morgan fingerprint density at radius 1 is 0.897 bits per heavy atom. The van der Waals surface area contributed by atoms with Gasteiger partial charge in [-0.2, -0.15) is 4.98 Å². The van der Waals surface area contributed by atoms with Crippen LogP contribution in [0.4, 0.5) is 16.6 Å². The fourth-order valence-corrected chi connectivity index (χ4v) is 8.30. The maximum atomic E-state index is 12.8. The fraction of sp³-hybridized carbons (Fsp3) is 0.591. The normalized spacial score (nSPS) is 13.9. The number of carbonyl (C=O) groups excluding carboxylic acids is 2. The van der Waals surface area contributed by atoms with Crippen LogP contribution in [0, 0.1) is 0 Å². The number of thioether (sulfide) groups is 1. The summed E-state index contributed by atoms with van der Waals surface area (Å²) in [5.74, 6) is -0.833. The molecular weight excluding hydrogens is 903 g/mol. The second-order valence-corrected chi connectivity index (χ2v) is 17.4. The Balaban J connectivity index is 0.875. The summed E-state index contributed by atoms with van der Waals surface area (Å²) < 4.78 is 26.3. The zero-order valence-corrected chi connectivity index (χ0v) is 39.8. The van der Waals surface area contributed by atoms with Crippen LogP contribution in [0.3, 0.4) is 0 Å². The molecule has 374 valence electrons. The Kier molecular flexibility index (Phi) is 22.3. The molecule has 0 spiro atoms. The summed E-state index contributed by atoms with van der Waals surface area (Å²) in [6.07, 6.45) is 6.79. The van der Waals surface area contributed by atoms with Crippen LogP contribution in [0.1, 0.15) is 55.8 Å². The highest BCUT2D eigenvalue weighted by molar-refractivity contribution is 8.00. The Morgan fingerprint density at radius 3 is 2.37 bits per heavy atom. The maximum Gasteiger partial charge on any atom is 0.320 e. The van der Waals surface area contributed by atoms with Gasteiger partial charge in [0, 0.05) is 64.0 Å². The van der Waals surface area contributed by atoms with E-state index in [1.807, 2.05) is 17.2 Å². The monoisotopic (exact) mass is 969 g/mol. The van der Waals surface area contributed by atoms with Gasteiger partial charge in [0.1, 0.15) is 28.3 Å². The van der Waals surface area contributed by atoms with Crippen LogP contribution in [-0.2, 0) is 54.8 Å².